The van der Waals surface area contributed by atoms with Crippen molar-refractivity contribution in [3.63, 3.8) is 0 Å². The van der Waals surface area contributed by atoms with Crippen molar-refractivity contribution in [2.45, 2.75) is 39.2 Å². The molecule has 35 heavy (non-hydrogen) atoms. The molecule has 188 valence electrons. The molecule has 1 aliphatic rings. The zero-order valence-corrected chi connectivity index (χ0v) is 20.3. The summed E-state index contributed by atoms with van der Waals surface area (Å²) >= 11 is 0. The van der Waals surface area contributed by atoms with E-state index in [1.54, 1.807) is 29.2 Å². The monoisotopic (exact) mass is 482 g/mol. The van der Waals surface area contributed by atoms with Crippen LogP contribution in [0.15, 0.2) is 36.4 Å². The number of nitrogens with one attached hydrogen (secondary N) is 2. The van der Waals surface area contributed by atoms with E-state index in [-0.39, 0.29) is 18.3 Å². The van der Waals surface area contributed by atoms with E-state index in [1.165, 1.54) is 0 Å². The van der Waals surface area contributed by atoms with Crippen LogP contribution >= 0.6 is 0 Å². The Morgan fingerprint density at radius 1 is 1.20 bits per heavy atom. The molecule has 1 unspecified atom stereocenters. The summed E-state index contributed by atoms with van der Waals surface area (Å²) in [5, 5.41) is 20.8. The zero-order valence-electron chi connectivity index (χ0n) is 20.3. The number of carbonyl (C=O) groups is 2. The fraction of sp³-hybridized carbons (Fsp3) is 0.423. The van der Waals surface area contributed by atoms with Crippen molar-refractivity contribution in [3.05, 3.63) is 58.7 Å². The molecule has 1 fully saturated rings. The lowest BCUT2D eigenvalue weighted by molar-refractivity contribution is -0.138. The van der Waals surface area contributed by atoms with Crippen molar-refractivity contribution < 1.29 is 24.2 Å². The summed E-state index contributed by atoms with van der Waals surface area (Å²) in [6.45, 7) is 5.91. The second-order valence-electron chi connectivity index (χ2n) is 8.47. The number of nitrogens with zero attached hydrogens (tertiary/aromatic N) is 1. The number of aryl methyl sites for hydroxylation is 2. The number of carboxylic acids is 1. The van der Waals surface area contributed by atoms with Crippen molar-refractivity contribution in [3.8, 4) is 5.75 Å². The van der Waals surface area contributed by atoms with Gasteiger partial charge in [-0.3, -0.25) is 10.2 Å². The highest BCUT2D eigenvalue weighted by Crippen LogP contribution is 2.34. The molecule has 0 saturated carbocycles. The Balaban J connectivity index is 1.95. The lowest BCUT2D eigenvalue weighted by atomic mass is 9.95. The first-order valence-electron chi connectivity index (χ1n) is 11.9. The molecule has 1 heterocycles. The first-order chi connectivity index (χ1) is 16.8. The highest BCUT2D eigenvalue weighted by molar-refractivity contribution is 5.95. The molecule has 1 amide bonds. The third kappa shape index (κ3) is 6.73. The van der Waals surface area contributed by atoms with Gasteiger partial charge in [-0.15, -0.1) is 0 Å². The van der Waals surface area contributed by atoms with Gasteiger partial charge in [0.1, 0.15) is 11.6 Å². The largest absolute Gasteiger partial charge is 0.483 e. The molecule has 2 aromatic carbocycles. The molecule has 0 radical (unpaired) electrons. The maximum Gasteiger partial charge on any atom is 0.330 e. The van der Waals surface area contributed by atoms with Gasteiger partial charge in [0.05, 0.1) is 13.2 Å². The minimum Gasteiger partial charge on any atom is -0.483 e. The number of benzene rings is 2. The van der Waals surface area contributed by atoms with Crippen LogP contribution in [0.2, 0.25) is 0 Å². The van der Waals surface area contributed by atoms with Crippen LogP contribution < -0.4 is 15.8 Å². The Bertz CT molecular complexity index is 1050. The van der Waals surface area contributed by atoms with Crippen molar-refractivity contribution in [2.24, 2.45) is 5.73 Å². The van der Waals surface area contributed by atoms with Crippen molar-refractivity contribution in [1.29, 1.82) is 5.41 Å². The molecule has 1 saturated heterocycles. The SMILES string of the molecule is CCCc1cc(CC)cc(C(Nc2ccc(C(=N)N)cc2)C(=O)O)c1OCC(=O)N1CCOCC1. The smallest absolute Gasteiger partial charge is 0.330 e. The number of amidine groups is 1. The molecule has 0 bridgehead atoms. The van der Waals surface area contributed by atoms with Crippen LogP contribution in [0.1, 0.15) is 48.6 Å². The molecule has 0 aromatic heterocycles. The van der Waals surface area contributed by atoms with Gasteiger partial charge in [0.25, 0.3) is 5.91 Å². The zero-order chi connectivity index (χ0) is 25.4. The second-order valence-corrected chi connectivity index (χ2v) is 8.47. The summed E-state index contributed by atoms with van der Waals surface area (Å²) in [6.07, 6.45) is 2.27. The normalized spacial score (nSPS) is 14.3. The predicted molar refractivity (Wildman–Crippen MR) is 134 cm³/mol. The van der Waals surface area contributed by atoms with E-state index in [1.807, 2.05) is 26.0 Å². The number of amides is 1. The van der Waals surface area contributed by atoms with Gasteiger partial charge in [0, 0.05) is 29.9 Å². The van der Waals surface area contributed by atoms with Gasteiger partial charge in [0.15, 0.2) is 12.6 Å². The summed E-state index contributed by atoms with van der Waals surface area (Å²) in [6, 6.07) is 9.46. The van der Waals surface area contributed by atoms with Gasteiger partial charge >= 0.3 is 5.97 Å². The number of carbonyl (C=O) groups excluding carboxylic acids is 1. The molecule has 0 spiro atoms. The lowest BCUT2D eigenvalue weighted by Gasteiger charge is -2.28. The van der Waals surface area contributed by atoms with E-state index in [0.29, 0.717) is 55.3 Å². The topological polar surface area (TPSA) is 138 Å². The predicted octanol–water partition coefficient (Wildman–Crippen LogP) is 2.96. The molecule has 0 aliphatic carbocycles. The molecule has 1 aliphatic heterocycles. The van der Waals surface area contributed by atoms with Gasteiger partial charge in [-0.05, 0) is 54.3 Å². The highest BCUT2D eigenvalue weighted by Gasteiger charge is 2.27. The Morgan fingerprint density at radius 2 is 1.89 bits per heavy atom. The van der Waals surface area contributed by atoms with Crippen LogP contribution in [0.4, 0.5) is 5.69 Å². The number of ether oxygens (including phenoxy) is 2. The molecular weight excluding hydrogens is 448 g/mol. The fourth-order valence-corrected chi connectivity index (χ4v) is 4.05. The van der Waals surface area contributed by atoms with E-state index in [0.717, 1.165) is 24.0 Å². The summed E-state index contributed by atoms with van der Waals surface area (Å²) in [5.41, 5.74) is 9.00. The average Bonchev–Trinajstić information content (AvgIpc) is 2.86. The number of aliphatic carboxylic acids is 1. The van der Waals surface area contributed by atoms with Gasteiger partial charge < -0.3 is 30.5 Å². The van der Waals surface area contributed by atoms with Gasteiger partial charge in [-0.25, -0.2) is 4.79 Å². The maximum atomic E-state index is 12.7. The highest BCUT2D eigenvalue weighted by atomic mass is 16.5. The first-order valence-corrected chi connectivity index (χ1v) is 11.9. The maximum absolute atomic E-state index is 12.7. The Kier molecular flexibility index (Phi) is 9.08. The lowest BCUT2D eigenvalue weighted by Crippen LogP contribution is -2.43. The fourth-order valence-electron chi connectivity index (χ4n) is 4.05. The van der Waals surface area contributed by atoms with Crippen LogP contribution in [0.3, 0.4) is 0 Å². The van der Waals surface area contributed by atoms with Crippen LogP contribution in [-0.2, 0) is 27.2 Å². The Labute approximate surface area is 205 Å². The number of hydrogen-bond acceptors (Lipinski definition) is 6. The molecule has 9 heteroatoms. The minimum atomic E-state index is -1.10. The van der Waals surface area contributed by atoms with Gasteiger partial charge in [0.2, 0.25) is 0 Å². The number of hydrogen-bond donors (Lipinski definition) is 4. The molecule has 5 N–H and O–H groups in total. The Morgan fingerprint density at radius 3 is 2.46 bits per heavy atom. The average molecular weight is 483 g/mol. The molecule has 3 rings (SSSR count). The van der Waals surface area contributed by atoms with Gasteiger partial charge in [-0.1, -0.05) is 26.3 Å². The number of nitrogens with two attached hydrogens (primary N) is 1. The number of carboxylic acid groups (broad SMARTS) is 1. The van der Waals surface area contributed by atoms with Gasteiger partial charge in [-0.2, -0.15) is 0 Å². The second kappa shape index (κ2) is 12.2. The molecule has 2 aromatic rings. The number of anilines is 1. The quantitative estimate of drug-likeness (QED) is 0.285. The Hall–Kier alpha value is -3.59. The number of morpholine rings is 1. The van der Waals surface area contributed by atoms with E-state index >= 15 is 0 Å². The molecule has 1 atom stereocenters. The summed E-state index contributed by atoms with van der Waals surface area (Å²) in [7, 11) is 0. The summed E-state index contributed by atoms with van der Waals surface area (Å²) in [4.78, 5) is 26.9. The third-order valence-electron chi connectivity index (χ3n) is 5.95. The third-order valence-corrected chi connectivity index (χ3v) is 5.95. The summed E-state index contributed by atoms with van der Waals surface area (Å²) in [5.74, 6) is -0.848. The minimum absolute atomic E-state index is 0.0631. The van der Waals surface area contributed by atoms with E-state index in [4.69, 9.17) is 20.6 Å². The van der Waals surface area contributed by atoms with Crippen molar-refractivity contribution >= 4 is 23.4 Å². The van der Waals surface area contributed by atoms with Crippen LogP contribution in [-0.4, -0.2) is 60.6 Å². The molecule has 9 nitrogen and oxygen atoms in total. The first kappa shape index (κ1) is 26.0. The van der Waals surface area contributed by atoms with E-state index in [2.05, 4.69) is 5.32 Å². The van der Waals surface area contributed by atoms with E-state index in [9.17, 15) is 14.7 Å². The summed E-state index contributed by atoms with van der Waals surface area (Å²) < 4.78 is 11.4. The number of nitrogen functional groups attached to an aromatic ring is 1. The van der Waals surface area contributed by atoms with Crippen LogP contribution in [0, 0.1) is 5.41 Å². The molecular formula is C26H34N4O5. The van der Waals surface area contributed by atoms with Crippen LogP contribution in [0.25, 0.3) is 0 Å². The van der Waals surface area contributed by atoms with E-state index < -0.39 is 12.0 Å². The number of rotatable bonds is 11. The van der Waals surface area contributed by atoms with Crippen molar-refractivity contribution in [1.82, 2.24) is 4.90 Å². The standard InChI is InChI=1S/C26H34N4O5/c1-3-5-19-14-17(4-2)15-21(24(19)35-16-22(31)30-10-12-34-13-11-30)23(26(32)33)29-20-8-6-18(7-9-20)25(27)28/h6-9,14-15,23,29H,3-5,10-13,16H2,1-2H3,(H3,27,28)(H,32,33). The van der Waals surface area contributed by atoms with Crippen molar-refractivity contribution in [2.75, 3.05) is 38.2 Å². The van der Waals surface area contributed by atoms with Crippen LogP contribution in [0.5, 0.6) is 5.75 Å².